The van der Waals surface area contributed by atoms with Gasteiger partial charge in [0.05, 0.1) is 11.6 Å². The Hall–Kier alpha value is -2.24. The number of nitrogens with zero attached hydrogens (tertiary/aromatic N) is 3. The maximum atomic E-state index is 14.1. The summed E-state index contributed by atoms with van der Waals surface area (Å²) in [7, 11) is 0. The maximum Gasteiger partial charge on any atom is 0.142 e. The van der Waals surface area contributed by atoms with Crippen LogP contribution in [0.5, 0.6) is 0 Å². The number of nitriles is 2. The molecule has 5 heteroatoms. The van der Waals surface area contributed by atoms with E-state index in [1.54, 1.807) is 18.3 Å². The molecular weight excluding hydrogens is 333 g/mol. The van der Waals surface area contributed by atoms with Gasteiger partial charge in [-0.1, -0.05) is 22.0 Å². The fraction of sp³-hybridized carbons (Fsp3) is 0.188. The van der Waals surface area contributed by atoms with E-state index in [0.29, 0.717) is 22.9 Å². The van der Waals surface area contributed by atoms with Gasteiger partial charge in [0, 0.05) is 16.4 Å². The highest BCUT2D eigenvalue weighted by Gasteiger charge is 2.43. The molecular formula is C16H9BrFN3. The van der Waals surface area contributed by atoms with Crippen molar-refractivity contribution in [2.75, 3.05) is 0 Å². The number of hydrogen-bond acceptors (Lipinski definition) is 3. The van der Waals surface area contributed by atoms with E-state index in [9.17, 15) is 14.9 Å². The number of hydrogen-bond donors (Lipinski definition) is 0. The first kappa shape index (κ1) is 13.7. The van der Waals surface area contributed by atoms with E-state index in [1.165, 1.54) is 6.07 Å². The van der Waals surface area contributed by atoms with Crippen molar-refractivity contribution in [3.8, 4) is 12.1 Å². The molecule has 0 saturated carbocycles. The molecule has 0 spiro atoms. The second-order valence-electron chi connectivity index (χ2n) is 4.94. The zero-order chi connectivity index (χ0) is 15.0. The molecule has 1 aliphatic rings. The summed E-state index contributed by atoms with van der Waals surface area (Å²) in [6.45, 7) is 0. The molecule has 3 nitrogen and oxygen atoms in total. The van der Waals surface area contributed by atoms with E-state index in [4.69, 9.17) is 0 Å². The van der Waals surface area contributed by atoms with Crippen molar-refractivity contribution in [1.82, 2.24) is 4.98 Å². The van der Waals surface area contributed by atoms with Crippen molar-refractivity contribution < 1.29 is 4.39 Å². The first-order chi connectivity index (χ1) is 10.1. The van der Waals surface area contributed by atoms with Crippen molar-refractivity contribution in [3.63, 3.8) is 0 Å². The molecule has 1 aromatic heterocycles. The van der Waals surface area contributed by atoms with E-state index < -0.39 is 11.2 Å². The molecule has 2 aromatic rings. The monoisotopic (exact) mass is 341 g/mol. The third kappa shape index (κ3) is 1.93. The van der Waals surface area contributed by atoms with Gasteiger partial charge in [0.2, 0.25) is 0 Å². The predicted molar refractivity (Wildman–Crippen MR) is 77.8 cm³/mol. The summed E-state index contributed by atoms with van der Waals surface area (Å²) < 4.78 is 14.6. The lowest BCUT2D eigenvalue weighted by molar-refractivity contribution is 0.599. The quantitative estimate of drug-likeness (QED) is 0.795. The summed E-state index contributed by atoms with van der Waals surface area (Å²) in [4.78, 5) is 4.29. The lowest BCUT2D eigenvalue weighted by atomic mass is 9.75. The van der Waals surface area contributed by atoms with Gasteiger partial charge < -0.3 is 0 Å². The van der Waals surface area contributed by atoms with E-state index in [1.807, 2.05) is 12.1 Å². The molecule has 0 amide bonds. The molecule has 0 bridgehead atoms. The average Bonchev–Trinajstić information content (AvgIpc) is 2.86. The number of rotatable bonds is 1. The molecule has 21 heavy (non-hydrogen) atoms. The summed E-state index contributed by atoms with van der Waals surface area (Å²) in [6, 6.07) is 10.7. The maximum absolute atomic E-state index is 14.1. The highest BCUT2D eigenvalue weighted by Crippen LogP contribution is 2.45. The van der Waals surface area contributed by atoms with Crippen molar-refractivity contribution in [3.05, 3.63) is 63.1 Å². The largest absolute Gasteiger partial charge is 0.261 e. The number of benzene rings is 1. The fourth-order valence-electron chi connectivity index (χ4n) is 2.95. The van der Waals surface area contributed by atoms with E-state index in [2.05, 4.69) is 27.0 Å². The van der Waals surface area contributed by atoms with E-state index in [-0.39, 0.29) is 5.56 Å². The lowest BCUT2D eigenvalue weighted by Gasteiger charge is -2.24. The smallest absolute Gasteiger partial charge is 0.142 e. The molecule has 3 rings (SSSR count). The predicted octanol–water partition coefficient (Wildman–Crippen LogP) is 3.61. The molecule has 1 aromatic carbocycles. The molecule has 0 fully saturated rings. The Kier molecular flexibility index (Phi) is 3.23. The van der Waals surface area contributed by atoms with E-state index in [0.717, 1.165) is 11.3 Å². The van der Waals surface area contributed by atoms with Crippen LogP contribution in [0.2, 0.25) is 0 Å². The van der Waals surface area contributed by atoms with Crippen LogP contribution < -0.4 is 0 Å². The van der Waals surface area contributed by atoms with Crippen molar-refractivity contribution in [2.45, 2.75) is 18.3 Å². The number of fused-ring (bicyclic) bond motifs is 1. The summed E-state index contributed by atoms with van der Waals surface area (Å²) in [5.41, 5.74) is 0.923. The molecule has 0 aliphatic heterocycles. The van der Waals surface area contributed by atoms with Crippen LogP contribution in [0.25, 0.3) is 0 Å². The molecule has 1 atom stereocenters. The summed E-state index contributed by atoms with van der Waals surface area (Å²) >= 11 is 3.24. The third-order valence-electron chi connectivity index (χ3n) is 3.90. The summed E-state index contributed by atoms with van der Waals surface area (Å²) in [5.74, 6) is -0.617. The van der Waals surface area contributed by atoms with Crippen LogP contribution in [0.3, 0.4) is 0 Å². The molecule has 1 heterocycles. The highest BCUT2D eigenvalue weighted by atomic mass is 79.9. The van der Waals surface area contributed by atoms with Gasteiger partial charge >= 0.3 is 0 Å². The minimum Gasteiger partial charge on any atom is -0.261 e. The number of halogens is 2. The Morgan fingerprint density at radius 3 is 2.81 bits per heavy atom. The SMILES string of the molecule is N#Cc1c(F)cc(Br)cc1C1(C#N)CCc2ncccc21. The van der Waals surface area contributed by atoms with Crippen LogP contribution in [0.15, 0.2) is 34.9 Å². The zero-order valence-electron chi connectivity index (χ0n) is 10.9. The first-order valence-corrected chi connectivity index (χ1v) is 7.17. The lowest BCUT2D eigenvalue weighted by Crippen LogP contribution is -2.24. The number of aromatic nitrogens is 1. The van der Waals surface area contributed by atoms with Crippen LogP contribution in [0.1, 0.15) is 28.8 Å². The minimum absolute atomic E-state index is 0.0727. The number of pyridine rings is 1. The molecule has 0 radical (unpaired) electrons. The first-order valence-electron chi connectivity index (χ1n) is 6.37. The Morgan fingerprint density at radius 1 is 1.29 bits per heavy atom. The van der Waals surface area contributed by atoms with Gasteiger partial charge in [0.15, 0.2) is 0 Å². The van der Waals surface area contributed by atoms with Crippen LogP contribution in [0.4, 0.5) is 4.39 Å². The Balaban J connectivity index is 2.35. The van der Waals surface area contributed by atoms with Crippen LogP contribution in [0, 0.1) is 28.5 Å². The molecule has 102 valence electrons. The van der Waals surface area contributed by atoms with Gasteiger partial charge in [-0.15, -0.1) is 0 Å². The van der Waals surface area contributed by atoms with Gasteiger partial charge in [-0.25, -0.2) is 4.39 Å². The van der Waals surface area contributed by atoms with Crippen LogP contribution in [-0.4, -0.2) is 4.98 Å². The van der Waals surface area contributed by atoms with Crippen molar-refractivity contribution in [1.29, 1.82) is 10.5 Å². The highest BCUT2D eigenvalue weighted by molar-refractivity contribution is 9.10. The van der Waals surface area contributed by atoms with Gasteiger partial charge in [-0.3, -0.25) is 4.98 Å². The van der Waals surface area contributed by atoms with Gasteiger partial charge in [0.25, 0.3) is 0 Å². The fourth-order valence-corrected chi connectivity index (χ4v) is 3.38. The van der Waals surface area contributed by atoms with Crippen LogP contribution >= 0.6 is 15.9 Å². The van der Waals surface area contributed by atoms with Gasteiger partial charge in [-0.2, -0.15) is 10.5 Å². The normalized spacial score (nSPS) is 19.6. The van der Waals surface area contributed by atoms with E-state index >= 15 is 0 Å². The number of aryl methyl sites for hydroxylation is 1. The molecule has 0 saturated heterocycles. The molecule has 0 N–H and O–H groups in total. The molecule has 1 unspecified atom stereocenters. The summed E-state index contributed by atoms with van der Waals surface area (Å²) in [6.07, 6.45) is 2.82. The second kappa shape index (κ2) is 4.95. The standard InChI is InChI=1S/C16H9BrFN3/c17-10-6-13(11(8-19)14(18)7-10)16(9-20)4-3-15-12(16)2-1-5-21-15/h1-2,5-7H,3-4H2. The molecule has 1 aliphatic carbocycles. The Bertz CT molecular complexity index is 819. The van der Waals surface area contributed by atoms with Gasteiger partial charge in [-0.05, 0) is 42.2 Å². The van der Waals surface area contributed by atoms with Crippen LogP contribution in [-0.2, 0) is 11.8 Å². The Morgan fingerprint density at radius 2 is 2.10 bits per heavy atom. The second-order valence-corrected chi connectivity index (χ2v) is 5.85. The third-order valence-corrected chi connectivity index (χ3v) is 4.36. The topological polar surface area (TPSA) is 60.5 Å². The Labute approximate surface area is 129 Å². The summed E-state index contributed by atoms with van der Waals surface area (Å²) in [5, 5.41) is 19.1. The average molecular weight is 342 g/mol. The van der Waals surface area contributed by atoms with Gasteiger partial charge in [0.1, 0.15) is 17.3 Å². The zero-order valence-corrected chi connectivity index (χ0v) is 12.5. The minimum atomic E-state index is -1.01. The van der Waals surface area contributed by atoms with Crippen molar-refractivity contribution >= 4 is 15.9 Å². The van der Waals surface area contributed by atoms with Crippen molar-refractivity contribution in [2.24, 2.45) is 0 Å².